The molecule has 1 atom stereocenters. The van der Waals surface area contributed by atoms with E-state index in [0.717, 1.165) is 62.2 Å². The third-order valence-electron chi connectivity index (χ3n) is 6.31. The number of hydrogen-bond donors (Lipinski definition) is 0. The van der Waals surface area contributed by atoms with Crippen LogP contribution >= 0.6 is 0 Å². The zero-order valence-electron chi connectivity index (χ0n) is 18.4. The van der Waals surface area contributed by atoms with E-state index in [1.807, 2.05) is 65.3 Å². The Labute approximate surface area is 185 Å². The molecule has 2 aliphatic rings. The van der Waals surface area contributed by atoms with E-state index in [1.54, 1.807) is 0 Å². The van der Waals surface area contributed by atoms with Crippen LogP contribution in [0.2, 0.25) is 0 Å². The van der Waals surface area contributed by atoms with E-state index in [2.05, 4.69) is 0 Å². The first kappa shape index (κ1) is 21.4. The number of ether oxygens (including phenoxy) is 1. The van der Waals surface area contributed by atoms with Crippen molar-refractivity contribution < 1.29 is 14.3 Å². The van der Waals surface area contributed by atoms with Gasteiger partial charge in [-0.15, -0.1) is 0 Å². The van der Waals surface area contributed by atoms with Crippen LogP contribution in [0, 0.1) is 12.8 Å². The number of benzene rings is 2. The van der Waals surface area contributed by atoms with Gasteiger partial charge >= 0.3 is 0 Å². The molecular weight excluding hydrogens is 388 g/mol. The summed E-state index contributed by atoms with van der Waals surface area (Å²) in [6.07, 6.45) is 5.41. The molecule has 0 bridgehead atoms. The van der Waals surface area contributed by atoms with Crippen molar-refractivity contribution in [1.29, 1.82) is 0 Å². The molecule has 2 aliphatic heterocycles. The highest BCUT2D eigenvalue weighted by Gasteiger charge is 2.25. The van der Waals surface area contributed by atoms with E-state index in [4.69, 9.17) is 4.74 Å². The van der Waals surface area contributed by atoms with Crippen molar-refractivity contribution in [3.8, 4) is 5.75 Å². The van der Waals surface area contributed by atoms with Gasteiger partial charge in [0.25, 0.3) is 11.8 Å². The quantitative estimate of drug-likeness (QED) is 0.713. The summed E-state index contributed by atoms with van der Waals surface area (Å²) in [4.78, 5) is 29.5. The van der Waals surface area contributed by atoms with Gasteiger partial charge < -0.3 is 14.5 Å². The number of likely N-dealkylation sites (tertiary alicyclic amines) is 2. The Balaban J connectivity index is 1.33. The number of aryl methyl sites for hydroxylation is 1. The summed E-state index contributed by atoms with van der Waals surface area (Å²) >= 11 is 0. The molecule has 0 saturated carbocycles. The molecule has 31 heavy (non-hydrogen) atoms. The number of hydrogen-bond acceptors (Lipinski definition) is 3. The lowest BCUT2D eigenvalue weighted by Gasteiger charge is -2.32. The van der Waals surface area contributed by atoms with Gasteiger partial charge in [0.1, 0.15) is 5.75 Å². The van der Waals surface area contributed by atoms with Gasteiger partial charge in [-0.25, -0.2) is 0 Å². The Morgan fingerprint density at radius 1 is 0.871 bits per heavy atom. The van der Waals surface area contributed by atoms with E-state index in [0.29, 0.717) is 24.6 Å². The normalized spacial score (nSPS) is 19.2. The van der Waals surface area contributed by atoms with E-state index in [-0.39, 0.29) is 11.8 Å². The maximum atomic E-state index is 12.8. The van der Waals surface area contributed by atoms with Crippen molar-refractivity contribution in [2.24, 2.45) is 5.92 Å². The fourth-order valence-corrected chi connectivity index (χ4v) is 4.48. The Morgan fingerprint density at radius 2 is 1.58 bits per heavy atom. The molecule has 2 aromatic carbocycles. The summed E-state index contributed by atoms with van der Waals surface area (Å²) in [5, 5.41) is 0. The molecule has 2 amide bonds. The predicted molar refractivity (Wildman–Crippen MR) is 121 cm³/mol. The molecule has 0 N–H and O–H groups in total. The molecule has 2 heterocycles. The SMILES string of the molecule is Cc1ccc(C(=O)N2CCC[C@@H](COc3cccc(C(=O)N4CCCCC4)c3)C2)cc1. The average molecular weight is 421 g/mol. The highest BCUT2D eigenvalue weighted by molar-refractivity contribution is 5.95. The molecule has 4 rings (SSSR count). The van der Waals surface area contributed by atoms with Crippen LogP contribution in [0.25, 0.3) is 0 Å². The number of amides is 2. The van der Waals surface area contributed by atoms with Gasteiger partial charge in [0.2, 0.25) is 0 Å². The first-order valence-electron chi connectivity index (χ1n) is 11.5. The maximum Gasteiger partial charge on any atom is 0.253 e. The molecule has 2 fully saturated rings. The molecule has 0 aliphatic carbocycles. The number of rotatable bonds is 5. The molecule has 2 aromatic rings. The topological polar surface area (TPSA) is 49.9 Å². The lowest BCUT2D eigenvalue weighted by Crippen LogP contribution is -2.41. The van der Waals surface area contributed by atoms with Gasteiger partial charge in [-0.05, 0) is 69.4 Å². The second-order valence-corrected chi connectivity index (χ2v) is 8.82. The fourth-order valence-electron chi connectivity index (χ4n) is 4.48. The molecule has 0 radical (unpaired) electrons. The first-order chi connectivity index (χ1) is 15.1. The van der Waals surface area contributed by atoms with Crippen molar-refractivity contribution in [2.75, 3.05) is 32.8 Å². The van der Waals surface area contributed by atoms with Gasteiger partial charge in [-0.2, -0.15) is 0 Å². The smallest absolute Gasteiger partial charge is 0.253 e. The van der Waals surface area contributed by atoms with Crippen molar-refractivity contribution in [3.63, 3.8) is 0 Å². The van der Waals surface area contributed by atoms with E-state index in [9.17, 15) is 9.59 Å². The summed E-state index contributed by atoms with van der Waals surface area (Å²) in [6.45, 7) is 5.77. The molecule has 2 saturated heterocycles. The van der Waals surface area contributed by atoms with Gasteiger partial charge in [0, 0.05) is 43.2 Å². The van der Waals surface area contributed by atoms with Crippen LogP contribution in [0.3, 0.4) is 0 Å². The third kappa shape index (κ3) is 5.46. The van der Waals surface area contributed by atoms with Gasteiger partial charge in [0.05, 0.1) is 6.61 Å². The lowest BCUT2D eigenvalue weighted by molar-refractivity contribution is 0.0631. The molecule has 164 valence electrons. The monoisotopic (exact) mass is 420 g/mol. The maximum absolute atomic E-state index is 12.8. The van der Waals surface area contributed by atoms with E-state index < -0.39 is 0 Å². The minimum absolute atomic E-state index is 0.0951. The van der Waals surface area contributed by atoms with Crippen molar-refractivity contribution >= 4 is 11.8 Å². The first-order valence-corrected chi connectivity index (χ1v) is 11.5. The van der Waals surface area contributed by atoms with Crippen LogP contribution in [0.5, 0.6) is 5.75 Å². The zero-order valence-corrected chi connectivity index (χ0v) is 18.4. The van der Waals surface area contributed by atoms with Gasteiger partial charge in [-0.3, -0.25) is 9.59 Å². The Hall–Kier alpha value is -2.82. The van der Waals surface area contributed by atoms with Crippen molar-refractivity contribution in [1.82, 2.24) is 9.80 Å². The third-order valence-corrected chi connectivity index (χ3v) is 6.31. The largest absolute Gasteiger partial charge is 0.493 e. The number of carbonyl (C=O) groups is 2. The van der Waals surface area contributed by atoms with Crippen LogP contribution in [-0.4, -0.2) is 54.4 Å². The summed E-state index contributed by atoms with van der Waals surface area (Å²) in [5.74, 6) is 1.21. The van der Waals surface area contributed by atoms with E-state index in [1.165, 1.54) is 6.42 Å². The standard InChI is InChI=1S/C26H32N2O3/c1-20-10-12-22(13-11-20)25(29)28-16-6-7-21(18-28)19-31-24-9-5-8-23(17-24)26(30)27-14-3-2-4-15-27/h5,8-13,17,21H,2-4,6-7,14-16,18-19H2,1H3/t21-/m1/s1. The lowest BCUT2D eigenvalue weighted by atomic mass is 9.98. The second kappa shape index (κ2) is 9.99. The summed E-state index contributed by atoms with van der Waals surface area (Å²) < 4.78 is 6.06. The second-order valence-electron chi connectivity index (χ2n) is 8.82. The van der Waals surface area contributed by atoms with Crippen LogP contribution in [0.1, 0.15) is 58.4 Å². The molecule has 5 nitrogen and oxygen atoms in total. The Bertz CT molecular complexity index is 903. The van der Waals surface area contributed by atoms with Gasteiger partial charge in [0.15, 0.2) is 0 Å². The number of piperidine rings is 2. The number of carbonyl (C=O) groups excluding carboxylic acids is 2. The Morgan fingerprint density at radius 3 is 2.35 bits per heavy atom. The van der Waals surface area contributed by atoms with Crippen LogP contribution in [0.15, 0.2) is 48.5 Å². The highest BCUT2D eigenvalue weighted by Crippen LogP contribution is 2.22. The summed E-state index contributed by atoms with van der Waals surface area (Å²) in [7, 11) is 0. The van der Waals surface area contributed by atoms with Crippen molar-refractivity contribution in [2.45, 2.75) is 39.0 Å². The summed E-state index contributed by atoms with van der Waals surface area (Å²) in [6, 6.07) is 15.3. The summed E-state index contributed by atoms with van der Waals surface area (Å²) in [5.41, 5.74) is 2.60. The molecule has 0 aromatic heterocycles. The molecule has 0 spiro atoms. The molecule has 5 heteroatoms. The highest BCUT2D eigenvalue weighted by atomic mass is 16.5. The minimum atomic E-state index is 0.0951. The Kier molecular flexibility index (Phi) is 6.90. The predicted octanol–water partition coefficient (Wildman–Crippen LogP) is 4.55. The fraction of sp³-hybridized carbons (Fsp3) is 0.462. The van der Waals surface area contributed by atoms with E-state index >= 15 is 0 Å². The number of nitrogens with zero attached hydrogens (tertiary/aromatic N) is 2. The minimum Gasteiger partial charge on any atom is -0.493 e. The molecule has 0 unspecified atom stereocenters. The van der Waals surface area contributed by atoms with Gasteiger partial charge in [-0.1, -0.05) is 23.8 Å². The van der Waals surface area contributed by atoms with Crippen LogP contribution < -0.4 is 4.74 Å². The average Bonchev–Trinajstić information content (AvgIpc) is 2.83. The zero-order chi connectivity index (χ0) is 21.6. The van der Waals surface area contributed by atoms with Crippen LogP contribution in [-0.2, 0) is 0 Å². The van der Waals surface area contributed by atoms with Crippen molar-refractivity contribution in [3.05, 3.63) is 65.2 Å². The molecular formula is C26H32N2O3. The van der Waals surface area contributed by atoms with Crippen LogP contribution in [0.4, 0.5) is 0 Å².